The van der Waals surface area contributed by atoms with E-state index in [9.17, 15) is 9.59 Å². The van der Waals surface area contributed by atoms with Crippen molar-refractivity contribution in [1.82, 2.24) is 15.1 Å². The molecule has 9 heteroatoms. The first kappa shape index (κ1) is 24.5. The third-order valence-electron chi connectivity index (χ3n) is 5.66. The van der Waals surface area contributed by atoms with Crippen LogP contribution >= 0.6 is 11.3 Å². The molecule has 1 aromatic carbocycles. The molecule has 8 nitrogen and oxygen atoms in total. The van der Waals surface area contributed by atoms with Crippen molar-refractivity contribution in [3.8, 4) is 0 Å². The number of hydrogen-bond acceptors (Lipinski definition) is 8. The second-order valence-electron chi connectivity index (χ2n) is 8.51. The van der Waals surface area contributed by atoms with Gasteiger partial charge in [0.2, 0.25) is 0 Å². The van der Waals surface area contributed by atoms with Gasteiger partial charge in [-0.05, 0) is 44.7 Å². The van der Waals surface area contributed by atoms with Gasteiger partial charge in [-0.3, -0.25) is 9.69 Å². The lowest BCUT2D eigenvalue weighted by Gasteiger charge is -2.21. The average Bonchev–Trinajstić information content (AvgIpc) is 3.42. The SMILES string of the molecule is CCOC(=O)c1nc(N(CCc2ccccc2)C(=O)c2cc(C(C)C)nc3onc(C)c23)sc1C. The first-order valence-electron chi connectivity index (χ1n) is 11.6. The highest BCUT2D eigenvalue weighted by atomic mass is 32.1. The van der Waals surface area contributed by atoms with Crippen molar-refractivity contribution in [2.75, 3.05) is 18.1 Å². The fourth-order valence-corrected chi connectivity index (χ4v) is 4.70. The van der Waals surface area contributed by atoms with Crippen LogP contribution < -0.4 is 4.90 Å². The number of anilines is 1. The van der Waals surface area contributed by atoms with Gasteiger partial charge in [0.15, 0.2) is 10.8 Å². The van der Waals surface area contributed by atoms with Crippen molar-refractivity contribution in [2.24, 2.45) is 0 Å². The van der Waals surface area contributed by atoms with E-state index in [-0.39, 0.29) is 24.1 Å². The number of amides is 1. The van der Waals surface area contributed by atoms with Crippen LogP contribution in [0.15, 0.2) is 40.9 Å². The lowest BCUT2D eigenvalue weighted by atomic mass is 10.0. The van der Waals surface area contributed by atoms with Crippen molar-refractivity contribution in [3.63, 3.8) is 0 Å². The predicted octanol–water partition coefficient (Wildman–Crippen LogP) is 5.49. The number of aryl methyl sites for hydroxylation is 2. The second-order valence-corrected chi connectivity index (χ2v) is 9.69. The van der Waals surface area contributed by atoms with Crippen molar-refractivity contribution in [3.05, 3.63) is 69.5 Å². The summed E-state index contributed by atoms with van der Waals surface area (Å²) in [5, 5.41) is 5.07. The highest BCUT2D eigenvalue weighted by Crippen LogP contribution is 2.31. The minimum atomic E-state index is -0.494. The molecule has 0 aliphatic rings. The Morgan fingerprint density at radius 1 is 1.14 bits per heavy atom. The van der Waals surface area contributed by atoms with Gasteiger partial charge in [-0.2, -0.15) is 0 Å². The summed E-state index contributed by atoms with van der Waals surface area (Å²) in [7, 11) is 0. The Morgan fingerprint density at radius 3 is 2.57 bits per heavy atom. The zero-order valence-corrected chi connectivity index (χ0v) is 21.3. The number of esters is 1. The van der Waals surface area contributed by atoms with Crippen LogP contribution in [0.5, 0.6) is 0 Å². The molecule has 182 valence electrons. The Hall–Kier alpha value is -3.59. The maximum Gasteiger partial charge on any atom is 0.358 e. The monoisotopic (exact) mass is 492 g/mol. The van der Waals surface area contributed by atoms with E-state index in [4.69, 9.17) is 9.26 Å². The molecule has 0 unspecified atom stereocenters. The second kappa shape index (κ2) is 10.4. The van der Waals surface area contributed by atoms with Gasteiger partial charge >= 0.3 is 5.97 Å². The van der Waals surface area contributed by atoms with Crippen molar-refractivity contribution >= 4 is 39.4 Å². The molecule has 3 heterocycles. The van der Waals surface area contributed by atoms with Gasteiger partial charge in [-0.1, -0.05) is 49.3 Å². The number of fused-ring (bicyclic) bond motifs is 1. The Balaban J connectivity index is 1.80. The van der Waals surface area contributed by atoms with Gasteiger partial charge in [0.05, 0.1) is 23.3 Å². The standard InChI is InChI=1S/C26H28N4O4S/c1-6-33-25(32)22-17(5)35-26(28-22)30(13-12-18-10-8-7-9-11-18)24(31)19-14-20(15(2)3)27-23-21(19)16(4)29-34-23/h7-11,14-15H,6,12-13H2,1-5H3. The number of aromatic nitrogens is 3. The molecular formula is C26H28N4O4S. The van der Waals surface area contributed by atoms with E-state index >= 15 is 0 Å². The molecule has 0 saturated heterocycles. The Kier molecular flexibility index (Phi) is 7.25. The van der Waals surface area contributed by atoms with Crippen LogP contribution in [-0.4, -0.2) is 40.2 Å². The van der Waals surface area contributed by atoms with Gasteiger partial charge in [0.25, 0.3) is 11.6 Å². The maximum absolute atomic E-state index is 14.1. The Bertz CT molecular complexity index is 1360. The molecule has 35 heavy (non-hydrogen) atoms. The highest BCUT2D eigenvalue weighted by Gasteiger charge is 2.28. The van der Waals surface area contributed by atoms with Crippen LogP contribution in [0.1, 0.15) is 69.4 Å². The van der Waals surface area contributed by atoms with E-state index in [1.807, 2.05) is 50.2 Å². The quantitative estimate of drug-likeness (QED) is 0.300. The van der Waals surface area contributed by atoms with Gasteiger partial charge in [-0.25, -0.2) is 14.8 Å². The zero-order chi connectivity index (χ0) is 25.1. The summed E-state index contributed by atoms with van der Waals surface area (Å²) in [6, 6.07) is 11.7. The number of rotatable bonds is 8. The zero-order valence-electron chi connectivity index (χ0n) is 20.5. The van der Waals surface area contributed by atoms with E-state index in [2.05, 4.69) is 15.1 Å². The lowest BCUT2D eigenvalue weighted by molar-refractivity contribution is 0.0519. The summed E-state index contributed by atoms with van der Waals surface area (Å²) >= 11 is 1.30. The minimum Gasteiger partial charge on any atom is -0.461 e. The fraction of sp³-hybridized carbons (Fsp3) is 0.346. The van der Waals surface area contributed by atoms with E-state index in [0.29, 0.717) is 45.3 Å². The molecule has 0 spiro atoms. The van der Waals surface area contributed by atoms with Gasteiger partial charge in [-0.15, -0.1) is 11.3 Å². The van der Waals surface area contributed by atoms with Crippen LogP contribution in [0.2, 0.25) is 0 Å². The van der Waals surface area contributed by atoms with Crippen molar-refractivity contribution in [2.45, 2.75) is 47.0 Å². The minimum absolute atomic E-state index is 0.0895. The van der Waals surface area contributed by atoms with Crippen LogP contribution in [0.3, 0.4) is 0 Å². The number of carbonyl (C=O) groups excluding carboxylic acids is 2. The molecule has 0 aliphatic carbocycles. The van der Waals surface area contributed by atoms with Crippen LogP contribution in [0, 0.1) is 13.8 Å². The normalized spacial score (nSPS) is 11.3. The smallest absolute Gasteiger partial charge is 0.358 e. The molecule has 0 atom stereocenters. The number of carbonyl (C=O) groups is 2. The summed E-state index contributed by atoms with van der Waals surface area (Å²) in [5.41, 5.74) is 3.44. The van der Waals surface area contributed by atoms with Crippen molar-refractivity contribution < 1.29 is 18.8 Å². The van der Waals surface area contributed by atoms with Crippen LogP contribution in [0.4, 0.5) is 5.13 Å². The molecule has 0 saturated carbocycles. The van der Waals surface area contributed by atoms with E-state index in [1.54, 1.807) is 25.7 Å². The first-order valence-corrected chi connectivity index (χ1v) is 12.4. The van der Waals surface area contributed by atoms with Gasteiger partial charge in [0.1, 0.15) is 0 Å². The van der Waals surface area contributed by atoms with Gasteiger partial charge in [0, 0.05) is 17.1 Å². The van der Waals surface area contributed by atoms with Crippen LogP contribution in [-0.2, 0) is 11.2 Å². The lowest BCUT2D eigenvalue weighted by Crippen LogP contribution is -2.33. The number of hydrogen-bond donors (Lipinski definition) is 0. The number of thiazole rings is 1. The molecule has 4 aromatic rings. The maximum atomic E-state index is 14.1. The Morgan fingerprint density at radius 2 is 1.89 bits per heavy atom. The number of benzene rings is 1. The summed E-state index contributed by atoms with van der Waals surface area (Å²) in [4.78, 5) is 37.9. The van der Waals surface area contributed by atoms with Gasteiger partial charge < -0.3 is 9.26 Å². The number of nitrogens with zero attached hydrogens (tertiary/aromatic N) is 4. The molecule has 3 aromatic heterocycles. The Labute approximate surface area is 207 Å². The summed E-state index contributed by atoms with van der Waals surface area (Å²) in [6.45, 7) is 9.99. The molecule has 0 radical (unpaired) electrons. The van der Waals surface area contributed by atoms with E-state index in [1.165, 1.54) is 11.3 Å². The topological polar surface area (TPSA) is 98.4 Å². The molecule has 0 N–H and O–H groups in total. The number of pyridine rings is 1. The summed E-state index contributed by atoms with van der Waals surface area (Å²) < 4.78 is 10.6. The number of ether oxygens (including phenoxy) is 1. The molecule has 0 fully saturated rings. The van der Waals surface area contributed by atoms with E-state index in [0.717, 1.165) is 11.3 Å². The third-order valence-corrected chi connectivity index (χ3v) is 6.65. The average molecular weight is 493 g/mol. The molecule has 0 bridgehead atoms. The molecule has 0 aliphatic heterocycles. The fourth-order valence-electron chi connectivity index (χ4n) is 3.78. The summed E-state index contributed by atoms with van der Waals surface area (Å²) in [5.74, 6) is -0.649. The van der Waals surface area contributed by atoms with Crippen LogP contribution in [0.25, 0.3) is 11.1 Å². The van der Waals surface area contributed by atoms with Crippen molar-refractivity contribution in [1.29, 1.82) is 0 Å². The highest BCUT2D eigenvalue weighted by molar-refractivity contribution is 7.16. The molecule has 1 amide bonds. The third kappa shape index (κ3) is 5.09. The molecule has 4 rings (SSSR count). The predicted molar refractivity (Wildman–Crippen MR) is 135 cm³/mol. The summed E-state index contributed by atoms with van der Waals surface area (Å²) in [6.07, 6.45) is 0.619. The largest absolute Gasteiger partial charge is 0.461 e. The van der Waals surface area contributed by atoms with E-state index < -0.39 is 5.97 Å². The molecular weight excluding hydrogens is 464 g/mol. The first-order chi connectivity index (χ1) is 16.8.